The van der Waals surface area contributed by atoms with E-state index in [0.29, 0.717) is 6.42 Å². The quantitative estimate of drug-likeness (QED) is 0.862. The fourth-order valence-corrected chi connectivity index (χ4v) is 3.06. The molecule has 1 aliphatic rings. The van der Waals surface area contributed by atoms with Gasteiger partial charge in [-0.2, -0.15) is 0 Å². The summed E-state index contributed by atoms with van der Waals surface area (Å²) in [6, 6.07) is 0. The molecule has 0 radical (unpaired) electrons. The zero-order valence-electron chi connectivity index (χ0n) is 12.4. The van der Waals surface area contributed by atoms with E-state index in [1.807, 2.05) is 27.7 Å². The molecule has 1 amide bonds. The topological polar surface area (TPSA) is 68.3 Å². The van der Waals surface area contributed by atoms with E-state index in [-0.39, 0.29) is 23.7 Å². The molecule has 1 saturated carbocycles. The van der Waals surface area contributed by atoms with E-state index in [9.17, 15) is 9.59 Å². The normalized spacial score (nSPS) is 21.4. The highest BCUT2D eigenvalue weighted by Crippen LogP contribution is 2.40. The van der Waals surface area contributed by atoms with Gasteiger partial charge in [0.15, 0.2) is 0 Å². The van der Waals surface area contributed by atoms with Crippen molar-refractivity contribution in [2.75, 3.05) is 7.11 Å². The summed E-state index contributed by atoms with van der Waals surface area (Å²) in [5.41, 5.74) is 0.468. The number of hydrogen-bond donors (Lipinski definition) is 1. The lowest BCUT2D eigenvalue weighted by atomic mass is 10.1. The number of methoxy groups -OCH3 is 1. The molecule has 0 spiro atoms. The Bertz CT molecular complexity index is 531. The molecule has 110 valence electrons. The van der Waals surface area contributed by atoms with Crippen LogP contribution in [0.15, 0.2) is 0 Å². The van der Waals surface area contributed by atoms with Gasteiger partial charge in [0.25, 0.3) is 0 Å². The van der Waals surface area contributed by atoms with Gasteiger partial charge in [0.1, 0.15) is 5.01 Å². The Morgan fingerprint density at radius 2 is 2.00 bits per heavy atom. The molecule has 2 rings (SSSR count). The number of nitrogens with zero attached hydrogens (tertiary/aromatic N) is 1. The largest absolute Gasteiger partial charge is 0.469 e. The van der Waals surface area contributed by atoms with E-state index < -0.39 is 5.54 Å². The van der Waals surface area contributed by atoms with Crippen molar-refractivity contribution in [2.45, 2.75) is 39.7 Å². The molecule has 0 aromatic carbocycles. The summed E-state index contributed by atoms with van der Waals surface area (Å²) in [5.74, 6) is -0.945. The van der Waals surface area contributed by atoms with Gasteiger partial charge in [-0.05, 0) is 34.1 Å². The molecule has 20 heavy (non-hydrogen) atoms. The second kappa shape index (κ2) is 5.16. The first-order chi connectivity index (χ1) is 9.26. The average Bonchev–Trinajstić information content (AvgIpc) is 3.10. The summed E-state index contributed by atoms with van der Waals surface area (Å²) in [7, 11) is 1.35. The Hall–Kier alpha value is -1.43. The van der Waals surface area contributed by atoms with Gasteiger partial charge in [0.2, 0.25) is 5.91 Å². The second-order valence-corrected chi connectivity index (χ2v) is 6.95. The molecule has 0 bridgehead atoms. The van der Waals surface area contributed by atoms with E-state index in [1.165, 1.54) is 7.11 Å². The van der Waals surface area contributed by atoms with Crippen LogP contribution in [0.25, 0.3) is 0 Å². The first-order valence-corrected chi connectivity index (χ1v) is 7.42. The lowest BCUT2D eigenvalue weighted by Crippen LogP contribution is -2.42. The fourth-order valence-electron chi connectivity index (χ4n) is 2.09. The van der Waals surface area contributed by atoms with Gasteiger partial charge in [-0.15, -0.1) is 11.3 Å². The van der Waals surface area contributed by atoms with E-state index in [4.69, 9.17) is 0 Å². The number of carbonyl (C=O) groups is 2. The van der Waals surface area contributed by atoms with Crippen molar-refractivity contribution in [3.8, 4) is 0 Å². The van der Waals surface area contributed by atoms with E-state index in [2.05, 4.69) is 15.0 Å². The van der Waals surface area contributed by atoms with Crippen LogP contribution in [0.4, 0.5) is 0 Å². The molecule has 1 aliphatic carbocycles. The summed E-state index contributed by atoms with van der Waals surface area (Å²) < 4.78 is 4.66. The summed E-state index contributed by atoms with van der Waals surface area (Å²) in [6.45, 7) is 7.83. The summed E-state index contributed by atoms with van der Waals surface area (Å²) >= 11 is 1.59. The van der Waals surface area contributed by atoms with Crippen molar-refractivity contribution in [1.82, 2.24) is 10.3 Å². The maximum absolute atomic E-state index is 12.2. The molecule has 0 saturated heterocycles. The van der Waals surface area contributed by atoms with E-state index in [0.717, 1.165) is 15.6 Å². The van der Waals surface area contributed by atoms with Crippen molar-refractivity contribution in [3.63, 3.8) is 0 Å². The van der Waals surface area contributed by atoms with Crippen molar-refractivity contribution < 1.29 is 14.3 Å². The van der Waals surface area contributed by atoms with Crippen molar-refractivity contribution in [2.24, 2.45) is 11.8 Å². The van der Waals surface area contributed by atoms with Crippen LogP contribution in [0.1, 0.15) is 35.8 Å². The third-order valence-electron chi connectivity index (χ3n) is 3.63. The van der Waals surface area contributed by atoms with Crippen LogP contribution < -0.4 is 5.32 Å². The van der Waals surface area contributed by atoms with Gasteiger partial charge in [0, 0.05) is 4.88 Å². The number of rotatable bonds is 4. The number of aryl methyl sites for hydroxylation is 2. The van der Waals surface area contributed by atoms with Crippen LogP contribution >= 0.6 is 11.3 Å². The third-order valence-corrected chi connectivity index (χ3v) is 5.03. The van der Waals surface area contributed by atoms with Crippen molar-refractivity contribution in [3.05, 3.63) is 15.6 Å². The lowest BCUT2D eigenvalue weighted by Gasteiger charge is -2.24. The predicted molar refractivity (Wildman–Crippen MR) is 76.4 cm³/mol. The number of carbonyl (C=O) groups excluding carboxylic acids is 2. The van der Waals surface area contributed by atoms with Gasteiger partial charge in [-0.1, -0.05) is 0 Å². The van der Waals surface area contributed by atoms with Crippen LogP contribution in [0.3, 0.4) is 0 Å². The standard InChI is InChI=1S/C14H20N2O3S/c1-7-8(2)20-13(15-7)14(3,4)16-11(17)9-6-10(9)12(18)19-5/h9-10H,6H2,1-5H3,(H,16,17). The van der Waals surface area contributed by atoms with Gasteiger partial charge in [-0.25, -0.2) is 4.98 Å². The SMILES string of the molecule is COC(=O)C1CC1C(=O)NC(C)(C)c1nc(C)c(C)s1. The molecule has 0 aliphatic heterocycles. The van der Waals surface area contributed by atoms with Crippen LogP contribution in [0.5, 0.6) is 0 Å². The smallest absolute Gasteiger partial charge is 0.309 e. The molecule has 5 nitrogen and oxygen atoms in total. The highest BCUT2D eigenvalue weighted by molar-refractivity contribution is 7.11. The molecular formula is C14H20N2O3S. The molecular weight excluding hydrogens is 276 g/mol. The van der Waals surface area contributed by atoms with E-state index in [1.54, 1.807) is 11.3 Å². The molecule has 2 atom stereocenters. The molecule has 2 unspecified atom stereocenters. The Balaban J connectivity index is 2.02. The van der Waals surface area contributed by atoms with Gasteiger partial charge < -0.3 is 10.1 Å². The Morgan fingerprint density at radius 3 is 2.50 bits per heavy atom. The number of ether oxygens (including phenoxy) is 1. The van der Waals surface area contributed by atoms with Crippen LogP contribution in [-0.4, -0.2) is 24.0 Å². The van der Waals surface area contributed by atoms with Gasteiger partial charge in [0.05, 0.1) is 30.2 Å². The van der Waals surface area contributed by atoms with Crippen molar-refractivity contribution >= 4 is 23.2 Å². The second-order valence-electron chi connectivity index (χ2n) is 5.75. The number of aromatic nitrogens is 1. The van der Waals surface area contributed by atoms with Crippen LogP contribution in [0, 0.1) is 25.7 Å². The minimum Gasteiger partial charge on any atom is -0.469 e. The minimum atomic E-state index is -0.524. The van der Waals surface area contributed by atoms with Crippen LogP contribution in [-0.2, 0) is 19.9 Å². The van der Waals surface area contributed by atoms with Gasteiger partial charge in [-0.3, -0.25) is 9.59 Å². The predicted octanol–water partition coefficient (Wildman–Crippen LogP) is 1.92. The Labute approximate surface area is 122 Å². The fraction of sp³-hybridized carbons (Fsp3) is 0.643. The number of thiazole rings is 1. The number of hydrogen-bond acceptors (Lipinski definition) is 5. The van der Waals surface area contributed by atoms with Crippen LogP contribution in [0.2, 0.25) is 0 Å². The summed E-state index contributed by atoms with van der Waals surface area (Å²) in [4.78, 5) is 29.2. The zero-order valence-corrected chi connectivity index (χ0v) is 13.3. The Kier molecular flexibility index (Phi) is 3.86. The van der Waals surface area contributed by atoms with E-state index >= 15 is 0 Å². The molecule has 6 heteroatoms. The molecule has 1 fully saturated rings. The summed E-state index contributed by atoms with van der Waals surface area (Å²) in [6.07, 6.45) is 0.574. The third kappa shape index (κ3) is 2.85. The average molecular weight is 296 g/mol. The molecule has 1 N–H and O–H groups in total. The first-order valence-electron chi connectivity index (χ1n) is 6.60. The Morgan fingerprint density at radius 1 is 1.35 bits per heavy atom. The molecule has 1 heterocycles. The highest BCUT2D eigenvalue weighted by atomic mass is 32.1. The number of esters is 1. The highest BCUT2D eigenvalue weighted by Gasteiger charge is 2.50. The molecule has 1 aromatic rings. The first kappa shape index (κ1) is 15.0. The minimum absolute atomic E-state index is 0.101. The van der Waals surface area contributed by atoms with Gasteiger partial charge >= 0.3 is 5.97 Å². The number of nitrogens with one attached hydrogen (secondary N) is 1. The zero-order chi connectivity index (χ0) is 15.1. The number of amides is 1. The molecule has 1 aromatic heterocycles. The monoisotopic (exact) mass is 296 g/mol. The van der Waals surface area contributed by atoms with Crippen molar-refractivity contribution in [1.29, 1.82) is 0 Å². The maximum Gasteiger partial charge on any atom is 0.309 e. The summed E-state index contributed by atoms with van der Waals surface area (Å²) in [5, 5.41) is 3.87. The maximum atomic E-state index is 12.2. The lowest BCUT2D eigenvalue weighted by molar-refractivity contribution is -0.143.